The van der Waals surface area contributed by atoms with Gasteiger partial charge in [-0.2, -0.15) is 5.10 Å². The Hall–Kier alpha value is -2.65. The molecule has 1 saturated heterocycles. The van der Waals surface area contributed by atoms with Crippen LogP contribution in [0.5, 0.6) is 0 Å². The van der Waals surface area contributed by atoms with Gasteiger partial charge in [-0.15, -0.1) is 0 Å². The van der Waals surface area contributed by atoms with Gasteiger partial charge in [0.25, 0.3) is 0 Å². The quantitative estimate of drug-likeness (QED) is 0.655. The van der Waals surface area contributed by atoms with E-state index in [0.29, 0.717) is 0 Å². The molecule has 0 aliphatic carbocycles. The summed E-state index contributed by atoms with van der Waals surface area (Å²) in [6.07, 6.45) is 0. The first-order valence-corrected chi connectivity index (χ1v) is 9.34. The lowest BCUT2D eigenvalue weighted by atomic mass is 10.0. The van der Waals surface area contributed by atoms with Crippen molar-refractivity contribution in [3.8, 4) is 0 Å². The van der Waals surface area contributed by atoms with Gasteiger partial charge in [-0.05, 0) is 28.8 Å². The van der Waals surface area contributed by atoms with E-state index >= 15 is 0 Å². The molecule has 3 aromatic rings. The SMILES string of the molecule is C/C(=N\N1CCN(Cc2cccc3ccccc23)CC1)c1ccccc1. The molecule has 0 N–H and O–H groups in total. The van der Waals surface area contributed by atoms with Crippen molar-refractivity contribution in [2.45, 2.75) is 13.5 Å². The Labute approximate surface area is 155 Å². The molecule has 1 aliphatic rings. The fraction of sp³-hybridized carbons (Fsp3) is 0.261. The van der Waals surface area contributed by atoms with E-state index in [9.17, 15) is 0 Å². The minimum Gasteiger partial charge on any atom is -0.295 e. The van der Waals surface area contributed by atoms with Crippen LogP contribution in [0.2, 0.25) is 0 Å². The maximum Gasteiger partial charge on any atom is 0.0646 e. The second kappa shape index (κ2) is 7.71. The fourth-order valence-electron chi connectivity index (χ4n) is 3.62. The van der Waals surface area contributed by atoms with Crippen molar-refractivity contribution in [2.75, 3.05) is 26.2 Å². The van der Waals surface area contributed by atoms with Crippen molar-refractivity contribution in [1.29, 1.82) is 0 Å². The summed E-state index contributed by atoms with van der Waals surface area (Å²) in [4.78, 5) is 2.53. The average molecular weight is 343 g/mol. The molecule has 0 aromatic heterocycles. The summed E-state index contributed by atoms with van der Waals surface area (Å²) in [5, 5.41) is 9.73. The van der Waals surface area contributed by atoms with Gasteiger partial charge in [0, 0.05) is 32.7 Å². The van der Waals surface area contributed by atoms with Crippen LogP contribution in [0.25, 0.3) is 10.8 Å². The van der Waals surface area contributed by atoms with Gasteiger partial charge in [0.15, 0.2) is 0 Å². The van der Waals surface area contributed by atoms with E-state index in [4.69, 9.17) is 5.10 Å². The zero-order valence-electron chi connectivity index (χ0n) is 15.3. The van der Waals surface area contributed by atoms with Crippen molar-refractivity contribution < 1.29 is 0 Å². The third kappa shape index (κ3) is 3.78. The number of hydrogen-bond acceptors (Lipinski definition) is 3. The van der Waals surface area contributed by atoms with Crippen LogP contribution in [0.1, 0.15) is 18.1 Å². The van der Waals surface area contributed by atoms with Gasteiger partial charge in [0.2, 0.25) is 0 Å². The monoisotopic (exact) mass is 343 g/mol. The molecule has 0 spiro atoms. The molecule has 3 nitrogen and oxygen atoms in total. The van der Waals surface area contributed by atoms with Crippen LogP contribution < -0.4 is 0 Å². The molecule has 4 rings (SSSR count). The van der Waals surface area contributed by atoms with E-state index in [0.717, 1.165) is 38.4 Å². The number of hydrogen-bond donors (Lipinski definition) is 0. The van der Waals surface area contributed by atoms with Crippen LogP contribution in [0, 0.1) is 0 Å². The molecule has 132 valence electrons. The first-order valence-electron chi connectivity index (χ1n) is 9.34. The maximum absolute atomic E-state index is 4.82. The second-order valence-electron chi connectivity index (χ2n) is 6.92. The standard InChI is InChI=1S/C23H25N3/c1-19(20-8-3-2-4-9-20)24-26-16-14-25(15-17-26)18-22-12-7-11-21-10-5-6-13-23(21)22/h2-13H,14-18H2,1H3/b24-19+. The van der Waals surface area contributed by atoms with Gasteiger partial charge in [0.1, 0.15) is 0 Å². The van der Waals surface area contributed by atoms with E-state index in [-0.39, 0.29) is 0 Å². The van der Waals surface area contributed by atoms with Crippen molar-refractivity contribution in [3.05, 3.63) is 83.9 Å². The first-order chi connectivity index (χ1) is 12.8. The Bertz CT molecular complexity index is 888. The van der Waals surface area contributed by atoms with Gasteiger partial charge in [0.05, 0.1) is 5.71 Å². The molecule has 0 atom stereocenters. The van der Waals surface area contributed by atoms with Gasteiger partial charge >= 0.3 is 0 Å². The summed E-state index contributed by atoms with van der Waals surface area (Å²) in [7, 11) is 0. The van der Waals surface area contributed by atoms with Gasteiger partial charge in [-0.3, -0.25) is 9.91 Å². The Morgan fingerprint density at radius 1 is 0.808 bits per heavy atom. The third-order valence-electron chi connectivity index (χ3n) is 5.11. The van der Waals surface area contributed by atoms with E-state index in [1.54, 1.807) is 0 Å². The largest absolute Gasteiger partial charge is 0.295 e. The maximum atomic E-state index is 4.82. The summed E-state index contributed by atoms with van der Waals surface area (Å²) in [6, 6.07) is 25.7. The van der Waals surface area contributed by atoms with E-state index < -0.39 is 0 Å². The Morgan fingerprint density at radius 3 is 2.31 bits per heavy atom. The van der Waals surface area contributed by atoms with Crippen LogP contribution in [-0.4, -0.2) is 41.8 Å². The molecule has 0 unspecified atom stereocenters. The van der Waals surface area contributed by atoms with Crippen LogP contribution in [-0.2, 0) is 6.54 Å². The van der Waals surface area contributed by atoms with E-state index in [1.807, 2.05) is 6.07 Å². The molecule has 0 saturated carbocycles. The normalized spacial score (nSPS) is 16.2. The molecule has 0 bridgehead atoms. The van der Waals surface area contributed by atoms with Crippen molar-refractivity contribution >= 4 is 16.5 Å². The number of fused-ring (bicyclic) bond motifs is 1. The van der Waals surface area contributed by atoms with E-state index in [1.165, 1.54) is 21.9 Å². The predicted molar refractivity (Wildman–Crippen MR) is 109 cm³/mol. The fourth-order valence-corrected chi connectivity index (χ4v) is 3.62. The number of benzene rings is 3. The zero-order valence-corrected chi connectivity index (χ0v) is 15.3. The summed E-state index contributed by atoms with van der Waals surface area (Å²) in [5.74, 6) is 0. The molecular weight excluding hydrogens is 318 g/mol. The van der Waals surface area contributed by atoms with Crippen molar-refractivity contribution in [3.63, 3.8) is 0 Å². The number of rotatable bonds is 4. The number of piperazine rings is 1. The predicted octanol–water partition coefficient (Wildman–Crippen LogP) is 4.38. The van der Waals surface area contributed by atoms with Crippen LogP contribution in [0.15, 0.2) is 77.9 Å². The lowest BCUT2D eigenvalue weighted by molar-refractivity contribution is 0.131. The van der Waals surface area contributed by atoms with Gasteiger partial charge in [-0.25, -0.2) is 0 Å². The second-order valence-corrected chi connectivity index (χ2v) is 6.92. The van der Waals surface area contributed by atoms with Crippen LogP contribution in [0.4, 0.5) is 0 Å². The highest BCUT2D eigenvalue weighted by molar-refractivity contribution is 5.98. The molecule has 0 radical (unpaired) electrons. The molecule has 1 fully saturated rings. The van der Waals surface area contributed by atoms with Crippen LogP contribution >= 0.6 is 0 Å². The molecular formula is C23H25N3. The summed E-state index contributed by atoms with van der Waals surface area (Å²) in [5.41, 5.74) is 3.71. The minimum absolute atomic E-state index is 0.981. The molecule has 3 aromatic carbocycles. The molecule has 1 aliphatic heterocycles. The van der Waals surface area contributed by atoms with Gasteiger partial charge < -0.3 is 0 Å². The van der Waals surface area contributed by atoms with Crippen LogP contribution in [0.3, 0.4) is 0 Å². The Balaban J connectivity index is 1.39. The van der Waals surface area contributed by atoms with Crippen molar-refractivity contribution in [2.24, 2.45) is 5.10 Å². The lowest BCUT2D eigenvalue weighted by Gasteiger charge is -2.33. The number of hydrazone groups is 1. The zero-order chi connectivity index (χ0) is 17.8. The topological polar surface area (TPSA) is 18.8 Å². The Kier molecular flexibility index (Phi) is 4.98. The third-order valence-corrected chi connectivity index (χ3v) is 5.11. The lowest BCUT2D eigenvalue weighted by Crippen LogP contribution is -2.43. The molecule has 0 amide bonds. The average Bonchev–Trinajstić information content (AvgIpc) is 2.70. The first kappa shape index (κ1) is 16.8. The highest BCUT2D eigenvalue weighted by atomic mass is 15.5. The highest BCUT2D eigenvalue weighted by Gasteiger charge is 2.16. The molecule has 1 heterocycles. The highest BCUT2D eigenvalue weighted by Crippen LogP contribution is 2.20. The van der Waals surface area contributed by atoms with Gasteiger partial charge in [-0.1, -0.05) is 72.8 Å². The van der Waals surface area contributed by atoms with Crippen molar-refractivity contribution in [1.82, 2.24) is 9.91 Å². The minimum atomic E-state index is 0.981. The molecule has 26 heavy (non-hydrogen) atoms. The summed E-state index contributed by atoms with van der Waals surface area (Å²) in [6.45, 7) is 7.17. The number of nitrogens with zero attached hydrogens (tertiary/aromatic N) is 3. The Morgan fingerprint density at radius 2 is 1.50 bits per heavy atom. The molecule has 3 heteroatoms. The summed E-state index contributed by atoms with van der Waals surface area (Å²) >= 11 is 0. The summed E-state index contributed by atoms with van der Waals surface area (Å²) < 4.78 is 0. The van der Waals surface area contributed by atoms with E-state index in [2.05, 4.69) is 83.6 Å². The smallest absolute Gasteiger partial charge is 0.0646 e.